The van der Waals surface area contributed by atoms with Gasteiger partial charge >= 0.3 is 0 Å². The van der Waals surface area contributed by atoms with E-state index in [4.69, 9.17) is 0 Å². The van der Waals surface area contributed by atoms with Crippen molar-refractivity contribution >= 4 is 11.7 Å². The maximum Gasteiger partial charge on any atom is 0.222 e. The van der Waals surface area contributed by atoms with Gasteiger partial charge in [0, 0.05) is 24.9 Å². The number of hydrogen-bond donors (Lipinski definition) is 0. The fourth-order valence-corrected chi connectivity index (χ4v) is 6.42. The molecule has 22 heavy (non-hydrogen) atoms. The fraction of sp³-hybridized carbons (Fsp3) is 0.789. The summed E-state index contributed by atoms with van der Waals surface area (Å²) in [5, 5.41) is 0. The molecule has 0 bridgehead atoms. The van der Waals surface area contributed by atoms with Crippen molar-refractivity contribution < 1.29 is 9.59 Å². The maximum absolute atomic E-state index is 12.3. The number of nitrogens with zero attached hydrogens (tertiary/aromatic N) is 1. The van der Waals surface area contributed by atoms with Gasteiger partial charge in [-0.15, -0.1) is 0 Å². The topological polar surface area (TPSA) is 37.4 Å². The van der Waals surface area contributed by atoms with E-state index in [1.165, 1.54) is 6.42 Å². The molecule has 6 atom stereocenters. The molecule has 3 fully saturated rings. The zero-order chi connectivity index (χ0) is 15.7. The molecule has 3 aliphatic carbocycles. The molecule has 120 valence electrons. The summed E-state index contributed by atoms with van der Waals surface area (Å²) < 4.78 is 0. The van der Waals surface area contributed by atoms with E-state index < -0.39 is 0 Å². The Morgan fingerprint density at radius 3 is 2.68 bits per heavy atom. The van der Waals surface area contributed by atoms with Gasteiger partial charge in [-0.1, -0.05) is 19.9 Å². The Bertz CT molecular complexity index is 568. The molecular weight excluding hydrogens is 274 g/mol. The van der Waals surface area contributed by atoms with E-state index >= 15 is 0 Å². The molecule has 1 heterocycles. The van der Waals surface area contributed by atoms with Crippen LogP contribution in [0, 0.1) is 28.6 Å². The van der Waals surface area contributed by atoms with Crippen LogP contribution in [0.4, 0.5) is 0 Å². The van der Waals surface area contributed by atoms with Gasteiger partial charge in [0.2, 0.25) is 5.91 Å². The third-order valence-corrected chi connectivity index (χ3v) is 7.83. The van der Waals surface area contributed by atoms with Gasteiger partial charge < -0.3 is 4.90 Å². The Morgan fingerprint density at radius 1 is 1.14 bits per heavy atom. The lowest BCUT2D eigenvalue weighted by molar-refractivity contribution is -0.157. The van der Waals surface area contributed by atoms with Crippen molar-refractivity contribution in [1.82, 2.24) is 4.90 Å². The van der Waals surface area contributed by atoms with Crippen LogP contribution in [0.5, 0.6) is 0 Å². The molecule has 0 spiro atoms. The Balaban J connectivity index is 1.68. The van der Waals surface area contributed by atoms with Crippen LogP contribution in [0.3, 0.4) is 0 Å². The minimum Gasteiger partial charge on any atom is -0.342 e. The molecule has 2 saturated carbocycles. The van der Waals surface area contributed by atoms with Crippen LogP contribution in [-0.4, -0.2) is 29.7 Å². The zero-order valence-corrected chi connectivity index (χ0v) is 14.0. The maximum atomic E-state index is 12.3. The molecule has 4 rings (SSSR count). The molecule has 0 aromatic carbocycles. The normalized spacial score (nSPS) is 50.6. The number of allylic oxidation sites excluding steroid dienone is 2. The van der Waals surface area contributed by atoms with E-state index in [0.29, 0.717) is 41.9 Å². The monoisotopic (exact) mass is 301 g/mol. The van der Waals surface area contributed by atoms with E-state index in [2.05, 4.69) is 19.9 Å². The molecule has 0 radical (unpaired) electrons. The number of likely N-dealkylation sites (tertiary alicyclic amines) is 1. The smallest absolute Gasteiger partial charge is 0.222 e. The van der Waals surface area contributed by atoms with Crippen molar-refractivity contribution in [3.8, 4) is 0 Å². The third kappa shape index (κ3) is 1.63. The number of piperidine rings is 1. The predicted molar refractivity (Wildman–Crippen MR) is 85.1 cm³/mol. The van der Waals surface area contributed by atoms with Crippen LogP contribution < -0.4 is 0 Å². The lowest BCUT2D eigenvalue weighted by Crippen LogP contribution is -2.61. The average molecular weight is 301 g/mol. The Morgan fingerprint density at radius 2 is 1.91 bits per heavy atom. The van der Waals surface area contributed by atoms with Crippen molar-refractivity contribution in [3.05, 3.63) is 12.2 Å². The minimum absolute atomic E-state index is 0.138. The van der Waals surface area contributed by atoms with Gasteiger partial charge in [0.15, 0.2) is 5.78 Å². The summed E-state index contributed by atoms with van der Waals surface area (Å²) in [5.74, 6) is 2.39. The highest BCUT2D eigenvalue weighted by molar-refractivity contribution is 5.97. The van der Waals surface area contributed by atoms with Crippen LogP contribution >= 0.6 is 0 Å². The molecule has 4 aliphatic rings. The van der Waals surface area contributed by atoms with Crippen molar-refractivity contribution in [1.29, 1.82) is 0 Å². The average Bonchev–Trinajstić information content (AvgIpc) is 2.79. The van der Waals surface area contributed by atoms with Gasteiger partial charge in [0.1, 0.15) is 0 Å². The van der Waals surface area contributed by atoms with Crippen LogP contribution in [0.2, 0.25) is 0 Å². The molecule has 3 unspecified atom stereocenters. The summed E-state index contributed by atoms with van der Waals surface area (Å²) in [7, 11) is 2.00. The molecule has 0 aromatic rings. The van der Waals surface area contributed by atoms with Gasteiger partial charge in [-0.25, -0.2) is 0 Å². The van der Waals surface area contributed by atoms with E-state index in [1.54, 1.807) is 0 Å². The van der Waals surface area contributed by atoms with E-state index in [0.717, 1.165) is 25.7 Å². The number of carbonyl (C=O) groups excluding carboxylic acids is 2. The first-order valence-electron chi connectivity index (χ1n) is 8.86. The Hall–Kier alpha value is -1.12. The minimum atomic E-state index is -0.138. The number of fused-ring (bicyclic) bond motifs is 5. The van der Waals surface area contributed by atoms with Crippen molar-refractivity contribution in [2.24, 2.45) is 28.6 Å². The predicted octanol–water partition coefficient (Wildman–Crippen LogP) is 3.19. The summed E-state index contributed by atoms with van der Waals surface area (Å²) >= 11 is 0. The highest BCUT2D eigenvalue weighted by atomic mass is 16.2. The largest absolute Gasteiger partial charge is 0.342 e. The van der Waals surface area contributed by atoms with Gasteiger partial charge in [-0.05, 0) is 61.3 Å². The summed E-state index contributed by atoms with van der Waals surface area (Å²) in [5.41, 5.74) is 0.104. The summed E-state index contributed by atoms with van der Waals surface area (Å²) in [4.78, 5) is 26.5. The Labute approximate surface area is 133 Å². The second-order valence-corrected chi connectivity index (χ2v) is 8.58. The zero-order valence-electron chi connectivity index (χ0n) is 14.0. The van der Waals surface area contributed by atoms with Gasteiger partial charge in [0.25, 0.3) is 0 Å². The van der Waals surface area contributed by atoms with E-state index in [-0.39, 0.29) is 10.8 Å². The molecule has 1 amide bonds. The van der Waals surface area contributed by atoms with Crippen LogP contribution in [0.25, 0.3) is 0 Å². The number of rotatable bonds is 0. The van der Waals surface area contributed by atoms with Crippen molar-refractivity contribution in [2.75, 3.05) is 7.05 Å². The summed E-state index contributed by atoms with van der Waals surface area (Å²) in [6.07, 6.45) is 10.2. The van der Waals surface area contributed by atoms with E-state index in [1.807, 2.05) is 18.0 Å². The number of hydrogen-bond acceptors (Lipinski definition) is 2. The Kier molecular flexibility index (Phi) is 2.93. The molecule has 3 nitrogen and oxygen atoms in total. The summed E-state index contributed by atoms with van der Waals surface area (Å²) in [6.45, 7) is 4.60. The van der Waals surface area contributed by atoms with Crippen molar-refractivity contribution in [3.63, 3.8) is 0 Å². The highest BCUT2D eigenvalue weighted by Crippen LogP contribution is 2.62. The van der Waals surface area contributed by atoms with Gasteiger partial charge in [-0.2, -0.15) is 0 Å². The number of carbonyl (C=O) groups is 2. The van der Waals surface area contributed by atoms with E-state index in [9.17, 15) is 9.59 Å². The SMILES string of the molecule is CN1C(=O)CC[C@]2(C)C3CC[C@]4(C)C(=O)C=CC4C3CC[C@@H]12. The van der Waals surface area contributed by atoms with Crippen LogP contribution in [0.1, 0.15) is 52.4 Å². The first kappa shape index (κ1) is 14.5. The fourth-order valence-electron chi connectivity index (χ4n) is 6.42. The first-order chi connectivity index (χ1) is 10.4. The van der Waals surface area contributed by atoms with Gasteiger partial charge in [0.05, 0.1) is 0 Å². The van der Waals surface area contributed by atoms with Gasteiger partial charge in [-0.3, -0.25) is 9.59 Å². The van der Waals surface area contributed by atoms with Crippen molar-refractivity contribution in [2.45, 2.75) is 58.4 Å². The molecule has 3 heteroatoms. The number of ketones is 1. The number of amides is 1. The highest BCUT2D eigenvalue weighted by Gasteiger charge is 2.60. The quantitative estimate of drug-likeness (QED) is 0.689. The lowest BCUT2D eigenvalue weighted by atomic mass is 9.47. The molecule has 0 aromatic heterocycles. The molecule has 1 aliphatic heterocycles. The second-order valence-electron chi connectivity index (χ2n) is 8.58. The second kappa shape index (κ2) is 4.46. The molecular formula is C19H27NO2. The lowest BCUT2D eigenvalue weighted by Gasteiger charge is -2.60. The van der Waals surface area contributed by atoms with Crippen LogP contribution in [0.15, 0.2) is 12.2 Å². The van der Waals surface area contributed by atoms with Crippen LogP contribution in [-0.2, 0) is 9.59 Å². The first-order valence-corrected chi connectivity index (χ1v) is 8.86. The molecule has 0 N–H and O–H groups in total. The standard InChI is InChI=1S/C19H27NO2/c1-18-11-9-17(22)20(3)15(18)6-4-12-13-5-7-16(21)19(13,2)10-8-14(12)18/h5,7,12-15H,4,6,8-11H2,1-3H3/t12?,13?,14?,15-,18-,19+/m1/s1. The summed E-state index contributed by atoms with van der Waals surface area (Å²) in [6, 6.07) is 0.403. The third-order valence-electron chi connectivity index (χ3n) is 7.83. The molecule has 1 saturated heterocycles.